The molecule has 1 atom stereocenters. The van der Waals surface area contributed by atoms with Gasteiger partial charge >= 0.3 is 0 Å². The van der Waals surface area contributed by atoms with E-state index in [0.29, 0.717) is 12.8 Å². The summed E-state index contributed by atoms with van der Waals surface area (Å²) in [6.45, 7) is 3.99. The van der Waals surface area contributed by atoms with Crippen LogP contribution in [-0.4, -0.2) is 17.5 Å². The second-order valence-corrected chi connectivity index (χ2v) is 2.78. The molecule has 0 heterocycles. The lowest BCUT2D eigenvalue weighted by Crippen LogP contribution is -2.08. The maximum atomic E-state index is 10.9. The van der Waals surface area contributed by atoms with E-state index >= 15 is 0 Å². The van der Waals surface area contributed by atoms with Crippen molar-refractivity contribution >= 4 is 5.78 Å². The number of rotatable bonds is 5. The maximum Gasteiger partial charge on any atom is 0.133 e. The van der Waals surface area contributed by atoms with E-state index in [9.17, 15) is 4.79 Å². The zero-order valence-electron chi connectivity index (χ0n) is 6.76. The highest BCUT2D eigenvalue weighted by molar-refractivity contribution is 5.78. The van der Waals surface area contributed by atoms with Crippen LogP contribution in [0.4, 0.5) is 0 Å². The van der Waals surface area contributed by atoms with E-state index in [-0.39, 0.29) is 18.3 Å². The van der Waals surface area contributed by atoms with Crippen LogP contribution in [0.1, 0.15) is 33.1 Å². The monoisotopic (exact) mass is 144 g/mol. The summed E-state index contributed by atoms with van der Waals surface area (Å²) in [5.41, 5.74) is 0. The van der Waals surface area contributed by atoms with Crippen LogP contribution < -0.4 is 0 Å². The van der Waals surface area contributed by atoms with Crippen LogP contribution in [0.25, 0.3) is 0 Å². The molecule has 0 aliphatic carbocycles. The minimum atomic E-state index is 0.120. The van der Waals surface area contributed by atoms with Crippen molar-refractivity contribution in [3.63, 3.8) is 0 Å². The molecule has 1 unspecified atom stereocenters. The highest BCUT2D eigenvalue weighted by atomic mass is 16.3. The molecule has 0 saturated heterocycles. The Bertz CT molecular complexity index is 99.4. The molecule has 0 radical (unpaired) electrons. The lowest BCUT2D eigenvalue weighted by molar-refractivity contribution is -0.120. The van der Waals surface area contributed by atoms with Crippen molar-refractivity contribution in [3.8, 4) is 0 Å². The molecule has 0 amide bonds. The van der Waals surface area contributed by atoms with Gasteiger partial charge in [-0.1, -0.05) is 13.8 Å². The first-order chi connectivity index (χ1) is 4.70. The van der Waals surface area contributed by atoms with E-state index in [4.69, 9.17) is 5.11 Å². The van der Waals surface area contributed by atoms with Gasteiger partial charge in [0.15, 0.2) is 0 Å². The van der Waals surface area contributed by atoms with Gasteiger partial charge in [0.25, 0.3) is 0 Å². The number of aliphatic hydroxyl groups is 1. The fourth-order valence-electron chi connectivity index (χ4n) is 0.834. The first kappa shape index (κ1) is 9.63. The van der Waals surface area contributed by atoms with E-state index in [2.05, 4.69) is 0 Å². The summed E-state index contributed by atoms with van der Waals surface area (Å²) >= 11 is 0. The summed E-state index contributed by atoms with van der Waals surface area (Å²) in [5, 5.41) is 8.60. The number of aliphatic hydroxyl groups excluding tert-OH is 1. The van der Waals surface area contributed by atoms with E-state index in [1.54, 1.807) is 0 Å². The fraction of sp³-hybridized carbons (Fsp3) is 0.875. The molecule has 0 aromatic rings. The first-order valence-electron chi connectivity index (χ1n) is 3.83. The maximum absolute atomic E-state index is 10.9. The van der Waals surface area contributed by atoms with Gasteiger partial charge in [-0.2, -0.15) is 0 Å². The lowest BCUT2D eigenvalue weighted by Gasteiger charge is -2.04. The van der Waals surface area contributed by atoms with Gasteiger partial charge in [-0.15, -0.1) is 0 Å². The molecule has 0 rings (SSSR count). The smallest absolute Gasteiger partial charge is 0.133 e. The standard InChI is InChI=1S/C8H16O2/c1-3-4-8(10)5-7(2)6-9/h7,9H,3-6H2,1-2H3. The summed E-state index contributed by atoms with van der Waals surface area (Å²) < 4.78 is 0. The van der Waals surface area contributed by atoms with Crippen LogP contribution >= 0.6 is 0 Å². The van der Waals surface area contributed by atoms with E-state index in [0.717, 1.165) is 6.42 Å². The molecular formula is C8H16O2. The third kappa shape index (κ3) is 4.50. The summed E-state index contributed by atoms with van der Waals surface area (Å²) in [4.78, 5) is 10.9. The average Bonchev–Trinajstić information content (AvgIpc) is 1.88. The van der Waals surface area contributed by atoms with Crippen molar-refractivity contribution in [3.05, 3.63) is 0 Å². The summed E-state index contributed by atoms with van der Waals surface area (Å²) in [5.74, 6) is 0.406. The predicted octanol–water partition coefficient (Wildman–Crippen LogP) is 1.37. The number of Topliss-reactive ketones (excluding diaryl/α,β-unsaturated/α-hetero) is 1. The van der Waals surface area contributed by atoms with Gasteiger partial charge in [0.1, 0.15) is 5.78 Å². The highest BCUT2D eigenvalue weighted by Gasteiger charge is 2.05. The molecule has 2 nitrogen and oxygen atoms in total. The molecule has 1 N–H and O–H groups in total. The lowest BCUT2D eigenvalue weighted by atomic mass is 10.0. The van der Waals surface area contributed by atoms with Gasteiger partial charge in [-0.05, 0) is 12.3 Å². The van der Waals surface area contributed by atoms with E-state index < -0.39 is 0 Å². The Kier molecular flexibility index (Phi) is 5.22. The molecule has 0 saturated carbocycles. The van der Waals surface area contributed by atoms with Crippen LogP contribution in [0.3, 0.4) is 0 Å². The van der Waals surface area contributed by atoms with Crippen LogP contribution in [0, 0.1) is 5.92 Å². The van der Waals surface area contributed by atoms with Gasteiger partial charge in [0.05, 0.1) is 0 Å². The molecule has 10 heavy (non-hydrogen) atoms. The molecule has 0 aromatic heterocycles. The van der Waals surface area contributed by atoms with Crippen LogP contribution in [0.5, 0.6) is 0 Å². The Balaban J connectivity index is 3.37. The number of carbonyl (C=O) groups excluding carboxylic acids is 1. The summed E-state index contributed by atoms with van der Waals surface area (Å²) in [6, 6.07) is 0. The SMILES string of the molecule is CCCC(=O)CC(C)CO. The molecule has 0 spiro atoms. The molecule has 0 aromatic carbocycles. The number of hydrogen-bond acceptors (Lipinski definition) is 2. The predicted molar refractivity (Wildman–Crippen MR) is 40.8 cm³/mol. The Morgan fingerprint density at radius 2 is 2.20 bits per heavy atom. The van der Waals surface area contributed by atoms with Crippen molar-refractivity contribution in [2.24, 2.45) is 5.92 Å². The number of hydrogen-bond donors (Lipinski definition) is 1. The van der Waals surface area contributed by atoms with Crippen molar-refractivity contribution in [1.82, 2.24) is 0 Å². The highest BCUT2D eigenvalue weighted by Crippen LogP contribution is 2.04. The third-order valence-corrected chi connectivity index (χ3v) is 1.42. The van der Waals surface area contributed by atoms with Crippen LogP contribution in [0.15, 0.2) is 0 Å². The molecule has 60 valence electrons. The van der Waals surface area contributed by atoms with Gasteiger partial charge in [-0.25, -0.2) is 0 Å². The van der Waals surface area contributed by atoms with Crippen molar-refractivity contribution in [2.75, 3.05) is 6.61 Å². The Hall–Kier alpha value is -0.370. The van der Waals surface area contributed by atoms with Gasteiger partial charge in [0.2, 0.25) is 0 Å². The Labute approximate surface area is 62.2 Å². The van der Waals surface area contributed by atoms with Crippen molar-refractivity contribution < 1.29 is 9.90 Å². The largest absolute Gasteiger partial charge is 0.396 e. The molecular weight excluding hydrogens is 128 g/mol. The summed E-state index contributed by atoms with van der Waals surface area (Å²) in [6.07, 6.45) is 2.10. The average molecular weight is 144 g/mol. The summed E-state index contributed by atoms with van der Waals surface area (Å²) in [7, 11) is 0. The van der Waals surface area contributed by atoms with E-state index in [1.165, 1.54) is 0 Å². The first-order valence-corrected chi connectivity index (χ1v) is 3.83. The zero-order chi connectivity index (χ0) is 7.98. The third-order valence-electron chi connectivity index (χ3n) is 1.42. The second-order valence-electron chi connectivity index (χ2n) is 2.78. The Morgan fingerprint density at radius 1 is 1.60 bits per heavy atom. The van der Waals surface area contributed by atoms with Crippen LogP contribution in [-0.2, 0) is 4.79 Å². The second kappa shape index (κ2) is 5.42. The normalized spacial score (nSPS) is 13.1. The molecule has 0 aliphatic rings. The van der Waals surface area contributed by atoms with Gasteiger partial charge in [0, 0.05) is 19.4 Å². The molecule has 2 heteroatoms. The Morgan fingerprint density at radius 3 is 2.60 bits per heavy atom. The number of ketones is 1. The molecule has 0 fully saturated rings. The molecule has 0 bridgehead atoms. The number of carbonyl (C=O) groups is 1. The fourth-order valence-corrected chi connectivity index (χ4v) is 0.834. The van der Waals surface area contributed by atoms with Crippen molar-refractivity contribution in [2.45, 2.75) is 33.1 Å². The minimum absolute atomic E-state index is 0.120. The minimum Gasteiger partial charge on any atom is -0.396 e. The van der Waals surface area contributed by atoms with Crippen LogP contribution in [0.2, 0.25) is 0 Å². The molecule has 0 aliphatic heterocycles. The van der Waals surface area contributed by atoms with E-state index in [1.807, 2.05) is 13.8 Å². The van der Waals surface area contributed by atoms with Gasteiger partial charge in [-0.3, -0.25) is 4.79 Å². The zero-order valence-corrected chi connectivity index (χ0v) is 6.76. The topological polar surface area (TPSA) is 37.3 Å². The van der Waals surface area contributed by atoms with Gasteiger partial charge < -0.3 is 5.11 Å². The quantitative estimate of drug-likeness (QED) is 0.632. The van der Waals surface area contributed by atoms with Crippen molar-refractivity contribution in [1.29, 1.82) is 0 Å².